The average Bonchev–Trinajstić information content (AvgIpc) is 2.53. The first-order valence-corrected chi connectivity index (χ1v) is 7.52. The average molecular weight is 288 g/mol. The molecule has 0 aliphatic carbocycles. The summed E-state index contributed by atoms with van der Waals surface area (Å²) in [7, 11) is 1.96. The Morgan fingerprint density at radius 2 is 2.24 bits per heavy atom. The van der Waals surface area contributed by atoms with E-state index in [2.05, 4.69) is 11.9 Å². The third kappa shape index (κ3) is 4.33. The summed E-state index contributed by atoms with van der Waals surface area (Å²) in [4.78, 5) is 14.5. The molecule has 1 aliphatic rings. The number of rotatable bonds is 6. The number of nitrogens with zero attached hydrogens (tertiary/aromatic N) is 1. The maximum atomic E-state index is 12.5. The van der Waals surface area contributed by atoms with Gasteiger partial charge in [-0.25, -0.2) is 0 Å². The van der Waals surface area contributed by atoms with Crippen LogP contribution >= 0.6 is 0 Å². The van der Waals surface area contributed by atoms with Crippen molar-refractivity contribution < 1.29 is 9.53 Å². The van der Waals surface area contributed by atoms with E-state index in [4.69, 9.17) is 4.74 Å². The van der Waals surface area contributed by atoms with Crippen molar-refractivity contribution in [3.05, 3.63) is 42.5 Å². The molecule has 0 spiro atoms. The van der Waals surface area contributed by atoms with Gasteiger partial charge in [-0.2, -0.15) is 0 Å². The molecule has 1 heterocycles. The molecular weight excluding hydrogens is 264 g/mol. The molecule has 1 unspecified atom stereocenters. The number of hydrogen-bond acceptors (Lipinski definition) is 3. The molecule has 2 rings (SSSR count). The van der Waals surface area contributed by atoms with Crippen molar-refractivity contribution in [2.45, 2.75) is 12.8 Å². The molecule has 4 nitrogen and oxygen atoms in total. The van der Waals surface area contributed by atoms with Crippen LogP contribution in [0.15, 0.2) is 36.9 Å². The minimum atomic E-state index is 0.117. The van der Waals surface area contributed by atoms with Crippen molar-refractivity contribution in [2.24, 2.45) is 5.92 Å². The van der Waals surface area contributed by atoms with Gasteiger partial charge >= 0.3 is 0 Å². The standard InChI is InChI=1S/C17H24N2O2/c1-3-11-21-16-8-6-15(7-9-16)17(20)19-10-4-5-14(13-19)12-18-2/h3,6-9,14,18H,1,4-5,10-13H2,2H3. The van der Waals surface area contributed by atoms with Crippen LogP contribution in [-0.2, 0) is 0 Å². The van der Waals surface area contributed by atoms with Crippen molar-refractivity contribution in [2.75, 3.05) is 33.3 Å². The molecule has 1 saturated heterocycles. The van der Waals surface area contributed by atoms with Gasteiger partial charge in [-0.15, -0.1) is 0 Å². The first kappa shape index (κ1) is 15.6. The summed E-state index contributed by atoms with van der Waals surface area (Å²) in [6.07, 6.45) is 3.98. The zero-order valence-corrected chi connectivity index (χ0v) is 12.7. The van der Waals surface area contributed by atoms with Gasteiger partial charge in [0, 0.05) is 18.7 Å². The predicted octanol–water partition coefficient (Wildman–Crippen LogP) is 2.32. The fraction of sp³-hybridized carbons (Fsp3) is 0.471. The third-order valence-corrected chi connectivity index (χ3v) is 3.77. The molecule has 0 aromatic heterocycles. The largest absolute Gasteiger partial charge is 0.490 e. The van der Waals surface area contributed by atoms with Gasteiger partial charge in [-0.1, -0.05) is 12.7 Å². The minimum absolute atomic E-state index is 0.117. The van der Waals surface area contributed by atoms with E-state index in [0.717, 1.165) is 37.4 Å². The van der Waals surface area contributed by atoms with Gasteiger partial charge in [0.15, 0.2) is 0 Å². The van der Waals surface area contributed by atoms with Gasteiger partial charge in [0.05, 0.1) is 0 Å². The molecule has 1 fully saturated rings. The topological polar surface area (TPSA) is 41.6 Å². The van der Waals surface area contributed by atoms with E-state index in [0.29, 0.717) is 12.5 Å². The highest BCUT2D eigenvalue weighted by Crippen LogP contribution is 2.19. The van der Waals surface area contributed by atoms with Gasteiger partial charge in [-0.05, 0) is 56.6 Å². The van der Waals surface area contributed by atoms with Crippen LogP contribution in [0.4, 0.5) is 0 Å². The zero-order chi connectivity index (χ0) is 15.1. The summed E-state index contributed by atoms with van der Waals surface area (Å²) in [6.45, 7) is 6.76. The van der Waals surface area contributed by atoms with E-state index in [1.54, 1.807) is 6.08 Å². The number of ether oxygens (including phenoxy) is 1. The van der Waals surface area contributed by atoms with Gasteiger partial charge in [-0.3, -0.25) is 4.79 Å². The molecule has 1 aliphatic heterocycles. The Bertz CT molecular complexity index is 468. The van der Waals surface area contributed by atoms with Crippen molar-refractivity contribution in [3.8, 4) is 5.75 Å². The van der Waals surface area contributed by atoms with E-state index in [-0.39, 0.29) is 5.91 Å². The summed E-state index contributed by atoms with van der Waals surface area (Å²) in [5, 5.41) is 3.20. The van der Waals surface area contributed by atoms with Crippen LogP contribution in [0, 0.1) is 5.92 Å². The first-order chi connectivity index (χ1) is 10.2. The number of amides is 1. The Labute approximate surface area is 126 Å². The van der Waals surface area contributed by atoms with Crippen LogP contribution in [0.5, 0.6) is 5.75 Å². The summed E-state index contributed by atoms with van der Waals surface area (Å²) >= 11 is 0. The molecule has 0 bridgehead atoms. The maximum Gasteiger partial charge on any atom is 0.253 e. The molecular formula is C17H24N2O2. The number of likely N-dealkylation sites (tertiary alicyclic amines) is 1. The van der Waals surface area contributed by atoms with E-state index in [1.165, 1.54) is 6.42 Å². The molecule has 1 aromatic carbocycles. The lowest BCUT2D eigenvalue weighted by Gasteiger charge is -2.32. The first-order valence-electron chi connectivity index (χ1n) is 7.52. The molecule has 1 amide bonds. The summed E-state index contributed by atoms with van der Waals surface area (Å²) in [5.41, 5.74) is 0.728. The Balaban J connectivity index is 1.97. The minimum Gasteiger partial charge on any atom is -0.490 e. The molecule has 0 radical (unpaired) electrons. The van der Waals surface area contributed by atoms with Crippen LogP contribution in [0.2, 0.25) is 0 Å². The molecule has 114 valence electrons. The monoisotopic (exact) mass is 288 g/mol. The Morgan fingerprint density at radius 1 is 1.48 bits per heavy atom. The molecule has 0 saturated carbocycles. The molecule has 4 heteroatoms. The number of hydrogen-bond donors (Lipinski definition) is 1. The van der Waals surface area contributed by atoms with Crippen LogP contribution in [-0.4, -0.2) is 44.1 Å². The number of piperidine rings is 1. The Hall–Kier alpha value is -1.81. The summed E-state index contributed by atoms with van der Waals surface area (Å²) in [5.74, 6) is 1.44. The summed E-state index contributed by atoms with van der Waals surface area (Å²) in [6, 6.07) is 7.35. The lowest BCUT2D eigenvalue weighted by atomic mass is 9.97. The highest BCUT2D eigenvalue weighted by molar-refractivity contribution is 5.94. The number of carbonyl (C=O) groups excluding carboxylic acids is 1. The van der Waals surface area contributed by atoms with Crippen LogP contribution in [0.25, 0.3) is 0 Å². The second-order valence-corrected chi connectivity index (χ2v) is 5.44. The predicted molar refractivity (Wildman–Crippen MR) is 84.7 cm³/mol. The van der Waals surface area contributed by atoms with E-state index in [9.17, 15) is 4.79 Å². The third-order valence-electron chi connectivity index (χ3n) is 3.77. The Morgan fingerprint density at radius 3 is 2.90 bits per heavy atom. The van der Waals surface area contributed by atoms with Crippen molar-refractivity contribution in [3.63, 3.8) is 0 Å². The normalized spacial score (nSPS) is 18.3. The second kappa shape index (κ2) is 7.84. The number of benzene rings is 1. The Kier molecular flexibility index (Phi) is 5.81. The quantitative estimate of drug-likeness (QED) is 0.817. The van der Waals surface area contributed by atoms with Gasteiger partial charge in [0.25, 0.3) is 5.91 Å². The SMILES string of the molecule is C=CCOc1ccc(C(=O)N2CCCC(CNC)C2)cc1. The van der Waals surface area contributed by atoms with E-state index >= 15 is 0 Å². The fourth-order valence-corrected chi connectivity index (χ4v) is 2.74. The van der Waals surface area contributed by atoms with Gasteiger partial charge in [0.2, 0.25) is 0 Å². The van der Waals surface area contributed by atoms with E-state index in [1.807, 2.05) is 36.2 Å². The molecule has 1 N–H and O–H groups in total. The molecule has 1 aromatic rings. The maximum absolute atomic E-state index is 12.5. The van der Waals surface area contributed by atoms with E-state index < -0.39 is 0 Å². The number of nitrogens with one attached hydrogen (secondary N) is 1. The summed E-state index contributed by atoms with van der Waals surface area (Å²) < 4.78 is 5.43. The van der Waals surface area contributed by atoms with Crippen molar-refractivity contribution >= 4 is 5.91 Å². The van der Waals surface area contributed by atoms with Crippen molar-refractivity contribution in [1.82, 2.24) is 10.2 Å². The smallest absolute Gasteiger partial charge is 0.253 e. The molecule has 1 atom stereocenters. The van der Waals surface area contributed by atoms with Crippen LogP contribution in [0.3, 0.4) is 0 Å². The lowest BCUT2D eigenvalue weighted by molar-refractivity contribution is 0.0674. The lowest BCUT2D eigenvalue weighted by Crippen LogP contribution is -2.42. The highest BCUT2D eigenvalue weighted by atomic mass is 16.5. The molecule has 21 heavy (non-hydrogen) atoms. The zero-order valence-electron chi connectivity index (χ0n) is 12.7. The van der Waals surface area contributed by atoms with Gasteiger partial charge in [0.1, 0.15) is 12.4 Å². The highest BCUT2D eigenvalue weighted by Gasteiger charge is 2.23. The second-order valence-electron chi connectivity index (χ2n) is 5.44. The van der Waals surface area contributed by atoms with Gasteiger partial charge < -0.3 is 15.0 Å². The van der Waals surface area contributed by atoms with Crippen molar-refractivity contribution in [1.29, 1.82) is 0 Å². The number of carbonyl (C=O) groups is 1. The fourth-order valence-electron chi connectivity index (χ4n) is 2.74. The van der Waals surface area contributed by atoms with Crippen LogP contribution < -0.4 is 10.1 Å². The van der Waals surface area contributed by atoms with Crippen LogP contribution in [0.1, 0.15) is 23.2 Å².